The van der Waals surface area contributed by atoms with Gasteiger partial charge in [-0.2, -0.15) is 0 Å². The van der Waals surface area contributed by atoms with Crippen molar-refractivity contribution in [2.24, 2.45) is 0 Å². The van der Waals surface area contributed by atoms with Crippen LogP contribution in [0.2, 0.25) is 0 Å². The predicted octanol–water partition coefficient (Wildman–Crippen LogP) is 1.17. The number of aliphatic hydroxyl groups is 3. The Kier molecular flexibility index (Phi) is 4.40. The van der Waals surface area contributed by atoms with Crippen molar-refractivity contribution in [3.63, 3.8) is 0 Å². The molecule has 0 aromatic heterocycles. The maximum Gasteiger partial charge on any atom is 0.228 e. The van der Waals surface area contributed by atoms with E-state index in [1.807, 2.05) is 48.5 Å². The van der Waals surface area contributed by atoms with Gasteiger partial charge in [-0.3, -0.25) is 0 Å². The number of benzene rings is 2. The first kappa shape index (κ1) is 15.0. The summed E-state index contributed by atoms with van der Waals surface area (Å²) >= 11 is 0. The van der Waals surface area contributed by atoms with E-state index in [4.69, 9.17) is 9.47 Å². The summed E-state index contributed by atoms with van der Waals surface area (Å²) in [5.41, 5.74) is 2.03. The Morgan fingerprint density at radius 3 is 2.36 bits per heavy atom. The Labute approximate surface area is 128 Å². The lowest BCUT2D eigenvalue weighted by atomic mass is 10.0. The molecule has 0 amide bonds. The number of hydrogen-bond acceptors (Lipinski definition) is 5. The van der Waals surface area contributed by atoms with Crippen LogP contribution in [0.4, 0.5) is 0 Å². The molecule has 0 saturated carbocycles. The van der Waals surface area contributed by atoms with Crippen LogP contribution in [-0.2, 0) is 4.74 Å². The van der Waals surface area contributed by atoms with Crippen LogP contribution in [0.1, 0.15) is 0 Å². The van der Waals surface area contributed by atoms with Crippen LogP contribution < -0.4 is 4.74 Å². The monoisotopic (exact) mass is 302 g/mol. The lowest BCUT2D eigenvalue weighted by molar-refractivity contribution is -0.242. The zero-order valence-electron chi connectivity index (χ0n) is 11.9. The summed E-state index contributed by atoms with van der Waals surface area (Å²) in [5, 5.41) is 29.0. The second-order valence-electron chi connectivity index (χ2n) is 5.26. The van der Waals surface area contributed by atoms with Gasteiger partial charge in [0.05, 0.1) is 6.61 Å². The van der Waals surface area contributed by atoms with Crippen LogP contribution in [0.5, 0.6) is 5.75 Å². The normalized spacial score (nSPS) is 28.3. The Bertz CT molecular complexity index is 615. The van der Waals surface area contributed by atoms with Gasteiger partial charge in [-0.05, 0) is 23.3 Å². The van der Waals surface area contributed by atoms with Gasteiger partial charge >= 0.3 is 0 Å². The molecule has 4 atom stereocenters. The summed E-state index contributed by atoms with van der Waals surface area (Å²) in [7, 11) is 0. The minimum absolute atomic E-state index is 0.0821. The van der Waals surface area contributed by atoms with E-state index in [-0.39, 0.29) is 6.61 Å². The summed E-state index contributed by atoms with van der Waals surface area (Å²) in [5.74, 6) is 0.522. The molecule has 2 aromatic rings. The molecule has 2 aromatic carbocycles. The highest BCUT2D eigenvalue weighted by Crippen LogP contribution is 2.26. The molecule has 22 heavy (non-hydrogen) atoms. The van der Waals surface area contributed by atoms with Gasteiger partial charge in [0.1, 0.15) is 24.1 Å². The van der Waals surface area contributed by atoms with Crippen molar-refractivity contribution in [2.75, 3.05) is 6.61 Å². The van der Waals surface area contributed by atoms with Gasteiger partial charge in [-0.25, -0.2) is 0 Å². The third kappa shape index (κ3) is 3.13. The van der Waals surface area contributed by atoms with Crippen molar-refractivity contribution in [1.29, 1.82) is 0 Å². The summed E-state index contributed by atoms with van der Waals surface area (Å²) in [4.78, 5) is 0. The van der Waals surface area contributed by atoms with E-state index < -0.39 is 24.6 Å². The van der Waals surface area contributed by atoms with Gasteiger partial charge in [0.2, 0.25) is 6.29 Å². The van der Waals surface area contributed by atoms with Gasteiger partial charge in [0.25, 0.3) is 0 Å². The summed E-state index contributed by atoms with van der Waals surface area (Å²) < 4.78 is 10.8. The maximum absolute atomic E-state index is 9.90. The molecule has 1 fully saturated rings. The lowest BCUT2D eigenvalue weighted by Crippen LogP contribution is -2.54. The first-order chi connectivity index (χ1) is 10.6. The highest BCUT2D eigenvalue weighted by molar-refractivity contribution is 5.64. The molecule has 1 aliphatic rings. The van der Waals surface area contributed by atoms with Crippen molar-refractivity contribution in [3.8, 4) is 16.9 Å². The Hall–Kier alpha value is -1.92. The van der Waals surface area contributed by atoms with Crippen LogP contribution >= 0.6 is 0 Å². The van der Waals surface area contributed by atoms with Crippen LogP contribution in [0.15, 0.2) is 54.6 Å². The fraction of sp³-hybridized carbons (Fsp3) is 0.294. The van der Waals surface area contributed by atoms with Crippen molar-refractivity contribution in [2.45, 2.75) is 24.6 Å². The molecule has 5 nitrogen and oxygen atoms in total. The minimum atomic E-state index is -1.30. The van der Waals surface area contributed by atoms with Crippen molar-refractivity contribution in [3.05, 3.63) is 54.6 Å². The molecular formula is C17H18O5. The molecule has 5 heteroatoms. The zero-order valence-corrected chi connectivity index (χ0v) is 11.9. The second-order valence-corrected chi connectivity index (χ2v) is 5.26. The molecular weight excluding hydrogens is 284 g/mol. The van der Waals surface area contributed by atoms with Crippen LogP contribution in [-0.4, -0.2) is 46.5 Å². The van der Waals surface area contributed by atoms with E-state index in [0.717, 1.165) is 11.1 Å². The maximum atomic E-state index is 9.90. The topological polar surface area (TPSA) is 79.2 Å². The Morgan fingerprint density at radius 2 is 1.59 bits per heavy atom. The average molecular weight is 302 g/mol. The standard InChI is InChI=1S/C17H18O5/c18-14-10-21-17(16(20)15(14)19)22-13-8-4-7-12(9-13)11-5-2-1-3-6-11/h1-9,14-20H,10H2/t14-,15+,16-,17+/m1/s1. The molecule has 0 unspecified atom stereocenters. The van der Waals surface area contributed by atoms with Crippen LogP contribution in [0.25, 0.3) is 11.1 Å². The highest BCUT2D eigenvalue weighted by Gasteiger charge is 2.38. The van der Waals surface area contributed by atoms with Gasteiger partial charge in [-0.1, -0.05) is 42.5 Å². The van der Waals surface area contributed by atoms with Gasteiger partial charge in [-0.15, -0.1) is 0 Å². The molecule has 0 spiro atoms. The number of ether oxygens (including phenoxy) is 2. The SMILES string of the molecule is O[C@@H]1[C@@H](O)[C@H](Oc2cccc(-c3ccccc3)c2)OC[C@H]1O. The van der Waals surface area contributed by atoms with E-state index in [1.165, 1.54) is 0 Å². The molecule has 1 aliphatic heterocycles. The molecule has 3 N–H and O–H groups in total. The summed E-state index contributed by atoms with van der Waals surface area (Å²) in [6.07, 6.45) is -4.70. The van der Waals surface area contributed by atoms with Crippen LogP contribution in [0, 0.1) is 0 Å². The number of aliphatic hydroxyl groups excluding tert-OH is 3. The van der Waals surface area contributed by atoms with E-state index in [9.17, 15) is 15.3 Å². The molecule has 3 rings (SSSR count). The quantitative estimate of drug-likeness (QED) is 0.793. The average Bonchev–Trinajstić information content (AvgIpc) is 2.57. The minimum Gasteiger partial charge on any atom is -0.462 e. The third-order valence-electron chi connectivity index (χ3n) is 3.65. The van der Waals surface area contributed by atoms with Crippen molar-refractivity contribution in [1.82, 2.24) is 0 Å². The fourth-order valence-electron chi connectivity index (χ4n) is 2.40. The van der Waals surface area contributed by atoms with E-state index in [1.54, 1.807) is 6.07 Å². The first-order valence-electron chi connectivity index (χ1n) is 7.13. The highest BCUT2D eigenvalue weighted by atomic mass is 16.7. The van der Waals surface area contributed by atoms with Gasteiger partial charge in [0, 0.05) is 0 Å². The first-order valence-corrected chi connectivity index (χ1v) is 7.13. The molecule has 1 saturated heterocycles. The third-order valence-corrected chi connectivity index (χ3v) is 3.65. The summed E-state index contributed by atoms with van der Waals surface area (Å²) in [6.45, 7) is -0.0821. The zero-order chi connectivity index (χ0) is 15.5. The van der Waals surface area contributed by atoms with Crippen molar-refractivity contribution < 1.29 is 24.8 Å². The van der Waals surface area contributed by atoms with Crippen LogP contribution in [0.3, 0.4) is 0 Å². The Balaban J connectivity index is 1.76. The fourth-order valence-corrected chi connectivity index (χ4v) is 2.40. The number of hydrogen-bond donors (Lipinski definition) is 3. The van der Waals surface area contributed by atoms with Gasteiger partial charge in [0.15, 0.2) is 0 Å². The molecule has 116 valence electrons. The summed E-state index contributed by atoms with van der Waals surface area (Å²) in [6, 6.07) is 17.2. The van der Waals surface area contributed by atoms with Crippen molar-refractivity contribution >= 4 is 0 Å². The van der Waals surface area contributed by atoms with E-state index in [2.05, 4.69) is 0 Å². The largest absolute Gasteiger partial charge is 0.462 e. The van der Waals surface area contributed by atoms with E-state index >= 15 is 0 Å². The second kappa shape index (κ2) is 6.46. The van der Waals surface area contributed by atoms with Gasteiger partial charge < -0.3 is 24.8 Å². The smallest absolute Gasteiger partial charge is 0.228 e. The molecule has 0 radical (unpaired) electrons. The Morgan fingerprint density at radius 1 is 0.864 bits per heavy atom. The predicted molar refractivity (Wildman–Crippen MR) is 80.3 cm³/mol. The lowest BCUT2D eigenvalue weighted by Gasteiger charge is -2.34. The number of rotatable bonds is 3. The molecule has 1 heterocycles. The van der Waals surface area contributed by atoms with E-state index in [0.29, 0.717) is 5.75 Å². The molecule has 0 aliphatic carbocycles. The molecule has 0 bridgehead atoms.